The van der Waals surface area contributed by atoms with E-state index in [2.05, 4.69) is 4.98 Å². The van der Waals surface area contributed by atoms with Crippen LogP contribution in [0.15, 0.2) is 65.3 Å². The molecule has 0 radical (unpaired) electrons. The minimum Gasteiger partial charge on any atom is -0.507 e. The van der Waals surface area contributed by atoms with Gasteiger partial charge in [-0.1, -0.05) is 0 Å². The molecule has 2 atom stereocenters. The van der Waals surface area contributed by atoms with Gasteiger partial charge >= 0.3 is 0 Å². The van der Waals surface area contributed by atoms with Gasteiger partial charge in [0, 0.05) is 37.5 Å². The summed E-state index contributed by atoms with van der Waals surface area (Å²) in [6.45, 7) is 2.96. The molecule has 0 spiro atoms. The maximum Gasteiger partial charge on any atom is 0.295 e. The number of carbonyl (C=O) groups is 2. The van der Waals surface area contributed by atoms with Gasteiger partial charge in [0.15, 0.2) is 0 Å². The van der Waals surface area contributed by atoms with E-state index < -0.39 is 17.7 Å². The molecule has 1 saturated heterocycles. The van der Waals surface area contributed by atoms with Crippen LogP contribution >= 0.6 is 0 Å². The molecule has 8 nitrogen and oxygen atoms in total. The molecule has 3 aromatic rings. The zero-order valence-electron chi connectivity index (χ0n) is 17.6. The SMILES string of the molecule is C[C@@H]1Cc2cc(C(O)=C3C(=O)C(=O)N(CCCn4ccnc4)[C@@H]3c3ccco3)ccc2O1. The van der Waals surface area contributed by atoms with Crippen LogP contribution in [0.2, 0.25) is 0 Å². The van der Waals surface area contributed by atoms with Crippen LogP contribution in [0.4, 0.5) is 0 Å². The Balaban J connectivity index is 1.49. The topological polar surface area (TPSA) is 97.8 Å². The molecule has 1 N–H and O–H groups in total. The first kappa shape index (κ1) is 20.1. The number of hydrogen-bond acceptors (Lipinski definition) is 6. The summed E-state index contributed by atoms with van der Waals surface area (Å²) in [7, 11) is 0. The van der Waals surface area contributed by atoms with Crippen LogP contribution in [0.1, 0.15) is 36.3 Å². The Morgan fingerprint density at radius 2 is 2.12 bits per heavy atom. The number of aryl methyl sites for hydroxylation is 1. The van der Waals surface area contributed by atoms with Crippen molar-refractivity contribution in [3.8, 4) is 5.75 Å². The average Bonchev–Trinajstić information content (AvgIpc) is 3.57. The normalized spacial score (nSPS) is 21.7. The third kappa shape index (κ3) is 3.47. The summed E-state index contributed by atoms with van der Waals surface area (Å²) in [5, 5.41) is 11.2. The van der Waals surface area contributed by atoms with E-state index in [9.17, 15) is 14.7 Å². The lowest BCUT2D eigenvalue weighted by atomic mass is 9.97. The van der Waals surface area contributed by atoms with E-state index in [0.29, 0.717) is 30.8 Å². The molecule has 0 saturated carbocycles. The molecule has 2 aromatic heterocycles. The van der Waals surface area contributed by atoms with Gasteiger partial charge in [-0.2, -0.15) is 0 Å². The first-order chi connectivity index (χ1) is 15.5. The number of aliphatic hydroxyl groups is 1. The predicted octanol–water partition coefficient (Wildman–Crippen LogP) is 3.31. The van der Waals surface area contributed by atoms with Crippen molar-refractivity contribution in [3.05, 3.63) is 77.8 Å². The Morgan fingerprint density at radius 1 is 1.25 bits per heavy atom. The minimum atomic E-state index is -0.781. The molecule has 0 aliphatic carbocycles. The number of benzene rings is 1. The lowest BCUT2D eigenvalue weighted by Gasteiger charge is -2.23. The second-order valence-electron chi connectivity index (χ2n) is 8.12. The molecule has 0 bridgehead atoms. The van der Waals surface area contributed by atoms with Crippen molar-refractivity contribution < 1.29 is 23.8 Å². The summed E-state index contributed by atoms with van der Waals surface area (Å²) >= 11 is 0. The van der Waals surface area contributed by atoms with Gasteiger partial charge in [-0.25, -0.2) is 4.98 Å². The summed E-state index contributed by atoms with van der Waals surface area (Å²) in [6, 6.07) is 7.95. The zero-order valence-corrected chi connectivity index (χ0v) is 17.6. The van der Waals surface area contributed by atoms with E-state index in [1.54, 1.807) is 36.8 Å². The smallest absolute Gasteiger partial charge is 0.295 e. The number of likely N-dealkylation sites (tertiary alicyclic amines) is 1. The number of Topliss-reactive ketones (excluding diaryl/α,β-unsaturated/α-hetero) is 1. The van der Waals surface area contributed by atoms with E-state index in [1.807, 2.05) is 23.8 Å². The number of rotatable bonds is 6. The maximum atomic E-state index is 13.0. The lowest BCUT2D eigenvalue weighted by molar-refractivity contribution is -0.140. The van der Waals surface area contributed by atoms with Crippen LogP contribution in [-0.2, 0) is 22.6 Å². The first-order valence-corrected chi connectivity index (χ1v) is 10.6. The minimum absolute atomic E-state index is 0.0412. The highest BCUT2D eigenvalue weighted by molar-refractivity contribution is 6.46. The van der Waals surface area contributed by atoms with E-state index in [0.717, 1.165) is 17.7 Å². The molecule has 1 amide bonds. The van der Waals surface area contributed by atoms with E-state index in [-0.39, 0.29) is 17.4 Å². The molecule has 1 fully saturated rings. The standard InChI is InChI=1S/C24H23N3O5/c1-15-12-17-13-16(5-6-18(17)32-15)22(28)20-21(19-4-2-11-31-19)27(24(30)23(20)29)9-3-8-26-10-7-25-14-26/h2,4-7,10-11,13-15,21,28H,3,8-9,12H2,1H3/t15-,21-/m1/s1. The Kier molecular flexibility index (Phi) is 5.05. The molecule has 32 heavy (non-hydrogen) atoms. The number of fused-ring (bicyclic) bond motifs is 1. The van der Waals surface area contributed by atoms with Crippen LogP contribution in [0.3, 0.4) is 0 Å². The largest absolute Gasteiger partial charge is 0.507 e. The summed E-state index contributed by atoms with van der Waals surface area (Å²) < 4.78 is 13.2. The predicted molar refractivity (Wildman–Crippen MR) is 115 cm³/mol. The third-order valence-corrected chi connectivity index (χ3v) is 5.90. The summed E-state index contributed by atoms with van der Waals surface area (Å²) in [4.78, 5) is 31.4. The molecule has 164 valence electrons. The maximum absolute atomic E-state index is 13.0. The number of amides is 1. The molecule has 8 heteroatoms. The fraction of sp³-hybridized carbons (Fsp3) is 0.292. The zero-order chi connectivity index (χ0) is 22.2. The third-order valence-electron chi connectivity index (χ3n) is 5.90. The number of hydrogen-bond donors (Lipinski definition) is 1. The van der Waals surface area contributed by atoms with Crippen molar-refractivity contribution in [2.75, 3.05) is 6.54 Å². The number of ether oxygens (including phenoxy) is 1. The highest BCUT2D eigenvalue weighted by Crippen LogP contribution is 2.40. The van der Waals surface area contributed by atoms with Crippen LogP contribution < -0.4 is 4.74 Å². The van der Waals surface area contributed by atoms with Gasteiger partial charge in [0.1, 0.15) is 29.4 Å². The second kappa shape index (κ2) is 8.03. The molecule has 5 rings (SSSR count). The van der Waals surface area contributed by atoms with Crippen molar-refractivity contribution in [1.29, 1.82) is 0 Å². The fourth-order valence-corrected chi connectivity index (χ4v) is 4.42. The van der Waals surface area contributed by atoms with Gasteiger partial charge in [0.2, 0.25) is 0 Å². The number of nitrogens with zero attached hydrogens (tertiary/aromatic N) is 3. The van der Waals surface area contributed by atoms with Gasteiger partial charge in [-0.3, -0.25) is 9.59 Å². The Morgan fingerprint density at radius 3 is 2.88 bits per heavy atom. The monoisotopic (exact) mass is 433 g/mol. The number of carbonyl (C=O) groups excluding carboxylic acids is 2. The summed E-state index contributed by atoms with van der Waals surface area (Å²) in [5.74, 6) is -0.347. The molecule has 1 aromatic carbocycles. The van der Waals surface area contributed by atoms with Crippen molar-refractivity contribution in [2.45, 2.75) is 38.5 Å². The molecule has 2 aliphatic heterocycles. The first-order valence-electron chi connectivity index (χ1n) is 10.6. The van der Waals surface area contributed by atoms with E-state index in [4.69, 9.17) is 9.15 Å². The van der Waals surface area contributed by atoms with Crippen LogP contribution in [-0.4, -0.2) is 43.9 Å². The van der Waals surface area contributed by atoms with Crippen LogP contribution in [0.25, 0.3) is 5.76 Å². The quantitative estimate of drug-likeness (QED) is 0.364. The van der Waals surface area contributed by atoms with Crippen molar-refractivity contribution in [1.82, 2.24) is 14.5 Å². The molecule has 4 heterocycles. The fourth-order valence-electron chi connectivity index (χ4n) is 4.42. The molecule has 0 unspecified atom stereocenters. The van der Waals surface area contributed by atoms with Crippen molar-refractivity contribution >= 4 is 17.4 Å². The highest BCUT2D eigenvalue weighted by Gasteiger charge is 2.47. The molecular weight excluding hydrogens is 410 g/mol. The molecular formula is C24H23N3O5. The average molecular weight is 433 g/mol. The Bertz CT molecular complexity index is 1180. The second-order valence-corrected chi connectivity index (χ2v) is 8.12. The van der Waals surface area contributed by atoms with Gasteiger partial charge in [0.25, 0.3) is 11.7 Å². The number of ketones is 1. The number of furan rings is 1. The van der Waals surface area contributed by atoms with Crippen molar-refractivity contribution in [2.24, 2.45) is 0 Å². The van der Waals surface area contributed by atoms with Gasteiger partial charge < -0.3 is 23.7 Å². The summed E-state index contributed by atoms with van der Waals surface area (Å²) in [5.41, 5.74) is 1.49. The van der Waals surface area contributed by atoms with Gasteiger partial charge in [-0.05, 0) is 49.2 Å². The van der Waals surface area contributed by atoms with E-state index >= 15 is 0 Å². The number of aromatic nitrogens is 2. The van der Waals surface area contributed by atoms with Crippen LogP contribution in [0, 0.1) is 0 Å². The lowest BCUT2D eigenvalue weighted by Crippen LogP contribution is -2.31. The van der Waals surface area contributed by atoms with Gasteiger partial charge in [-0.15, -0.1) is 0 Å². The Hall–Kier alpha value is -3.81. The Labute approximate surface area is 184 Å². The summed E-state index contributed by atoms with van der Waals surface area (Å²) in [6.07, 6.45) is 8.14. The van der Waals surface area contributed by atoms with Gasteiger partial charge in [0.05, 0.1) is 18.2 Å². The molecule has 2 aliphatic rings. The highest BCUT2D eigenvalue weighted by atomic mass is 16.5. The number of aliphatic hydroxyl groups excluding tert-OH is 1. The van der Waals surface area contributed by atoms with Crippen molar-refractivity contribution in [3.63, 3.8) is 0 Å². The van der Waals surface area contributed by atoms with E-state index in [1.165, 1.54) is 11.2 Å². The number of imidazole rings is 1. The van der Waals surface area contributed by atoms with Crippen LogP contribution in [0.5, 0.6) is 5.75 Å².